The lowest BCUT2D eigenvalue weighted by molar-refractivity contribution is -0.110. The van der Waals surface area contributed by atoms with Crippen LogP contribution in [0.2, 0.25) is 5.02 Å². The van der Waals surface area contributed by atoms with Crippen LogP contribution >= 0.6 is 11.6 Å². The summed E-state index contributed by atoms with van der Waals surface area (Å²) in [5.74, 6) is -0.123. The number of quaternary nitrogens is 1. The van der Waals surface area contributed by atoms with Crippen LogP contribution in [0.5, 0.6) is 5.75 Å². The first-order valence-electron chi connectivity index (χ1n) is 17.5. The van der Waals surface area contributed by atoms with Crippen molar-refractivity contribution in [2.45, 2.75) is 52.1 Å². The number of sulfonamides is 2. The second kappa shape index (κ2) is 15.3. The summed E-state index contributed by atoms with van der Waals surface area (Å²) in [6.45, 7) is 11.0. The fourth-order valence-electron chi connectivity index (χ4n) is 6.66. The quantitative estimate of drug-likeness (QED) is 0.0667. The minimum absolute atomic E-state index is 0.0133. The zero-order valence-corrected chi connectivity index (χ0v) is 33.4. The van der Waals surface area contributed by atoms with Crippen molar-refractivity contribution >= 4 is 71.9 Å². The Morgan fingerprint density at radius 1 is 1.00 bits per heavy atom. The number of nitrogens with one attached hydrogen (secondary N) is 2. The highest BCUT2D eigenvalue weighted by Gasteiger charge is 2.57. The van der Waals surface area contributed by atoms with E-state index in [1.807, 2.05) is 65.0 Å². The van der Waals surface area contributed by atoms with E-state index in [4.69, 9.17) is 26.3 Å². The standard InChI is InChI=1S/C39H43ClN6O6S2/c1-7-46(24-36(46)44-53(6,48)49)30-16-17-31(27(4)22-30)41-37(39(47)43-33-23-29(40)15-14-26(33)3)38-42-32-11-8-9-12-35(32)54(50,51)45(38)19-10-20-52-34-18-13-25(2)21-28(34)5/h8-9,11-18,21-23,36,44H,7,10,19-20,24H2,1-6H3/p+1. The molecule has 2 N–H and O–H groups in total. The van der Waals surface area contributed by atoms with Crippen LogP contribution < -0.4 is 19.3 Å². The summed E-state index contributed by atoms with van der Waals surface area (Å²) in [7, 11) is -7.61. The van der Waals surface area contributed by atoms with Gasteiger partial charge in [0.2, 0.25) is 16.2 Å². The van der Waals surface area contributed by atoms with E-state index >= 15 is 0 Å². The molecule has 1 amide bonds. The summed E-state index contributed by atoms with van der Waals surface area (Å²) in [6, 6.07) is 22.9. The molecule has 0 saturated carbocycles. The van der Waals surface area contributed by atoms with E-state index < -0.39 is 26.0 Å². The zero-order valence-electron chi connectivity index (χ0n) is 31.1. The Morgan fingerprint density at radius 3 is 2.46 bits per heavy atom. The normalized spacial score (nSPS) is 19.2. The molecule has 2 unspecified atom stereocenters. The van der Waals surface area contributed by atoms with Crippen LogP contribution in [-0.2, 0) is 24.8 Å². The van der Waals surface area contributed by atoms with Crippen LogP contribution in [0.1, 0.15) is 35.6 Å². The minimum atomic E-state index is -4.20. The average molecular weight is 792 g/mol. The molecule has 15 heteroatoms. The Bertz CT molecular complexity index is 2420. The number of carbonyl (C=O) groups is 1. The first-order chi connectivity index (χ1) is 25.5. The number of anilines is 1. The van der Waals surface area contributed by atoms with Gasteiger partial charge in [0, 0.05) is 35.8 Å². The average Bonchev–Trinajstić information content (AvgIpc) is 3.81. The Hall–Kier alpha value is -4.60. The van der Waals surface area contributed by atoms with Crippen molar-refractivity contribution in [3.8, 4) is 5.75 Å². The van der Waals surface area contributed by atoms with Gasteiger partial charge in [-0.1, -0.05) is 47.5 Å². The fraction of sp³-hybridized carbons (Fsp3) is 0.308. The monoisotopic (exact) mass is 791 g/mol. The number of ether oxygens (including phenoxy) is 1. The number of carbonyl (C=O) groups excluding carboxylic acids is 1. The van der Waals surface area contributed by atoms with E-state index in [9.17, 15) is 21.6 Å². The first-order valence-corrected chi connectivity index (χ1v) is 21.3. The molecule has 2 aliphatic rings. The zero-order chi connectivity index (χ0) is 39.0. The van der Waals surface area contributed by atoms with Gasteiger partial charge in [-0.25, -0.2) is 31.1 Å². The second-order valence-electron chi connectivity index (χ2n) is 13.7. The van der Waals surface area contributed by atoms with Crippen molar-refractivity contribution in [3.63, 3.8) is 0 Å². The second-order valence-corrected chi connectivity index (χ2v) is 17.8. The molecule has 6 rings (SSSR count). The van der Waals surface area contributed by atoms with Crippen LogP contribution in [0.15, 0.2) is 93.7 Å². The van der Waals surface area contributed by atoms with Crippen molar-refractivity contribution in [2.24, 2.45) is 9.98 Å². The maximum absolute atomic E-state index is 14.4. The Balaban J connectivity index is 1.41. The van der Waals surface area contributed by atoms with E-state index in [1.54, 1.807) is 42.5 Å². The topological polar surface area (TPSA) is 147 Å². The number of fused-ring (bicyclic) bond motifs is 1. The summed E-state index contributed by atoms with van der Waals surface area (Å²) in [4.78, 5) is 24.1. The summed E-state index contributed by atoms with van der Waals surface area (Å²) in [5.41, 5.74) is 5.19. The third-order valence-corrected chi connectivity index (χ3v) is 12.4. The predicted molar refractivity (Wildman–Crippen MR) is 216 cm³/mol. The molecule has 0 spiro atoms. The van der Waals surface area contributed by atoms with E-state index in [0.29, 0.717) is 45.3 Å². The van der Waals surface area contributed by atoms with Gasteiger partial charge in [-0.05, 0) is 87.7 Å². The number of amides is 1. The number of rotatable bonds is 13. The number of hydrogen-bond acceptors (Lipinski definition) is 8. The summed E-state index contributed by atoms with van der Waals surface area (Å²) >= 11 is 6.30. The SMILES string of the molecule is CC[N+]1(c2ccc(N=C(C(=O)Nc3cc(Cl)ccc3C)C3=Nc4ccccc4S(=O)(=O)N3CCCOc3ccc(C)cc3C)c(C)c2)CC1NS(C)(=O)=O. The Kier molecular flexibility index (Phi) is 11.1. The van der Waals surface area contributed by atoms with Gasteiger partial charge in [0.25, 0.3) is 15.9 Å². The number of benzene rings is 4. The molecule has 0 aliphatic carbocycles. The van der Waals surface area contributed by atoms with Crippen molar-refractivity contribution in [1.29, 1.82) is 0 Å². The van der Waals surface area contributed by atoms with Gasteiger partial charge in [0.1, 0.15) is 16.3 Å². The Morgan fingerprint density at radius 2 is 1.76 bits per heavy atom. The molecule has 2 heterocycles. The summed E-state index contributed by atoms with van der Waals surface area (Å²) in [6.07, 6.45) is 1.13. The maximum Gasteiger partial charge on any atom is 0.278 e. The number of aryl methyl sites for hydroxylation is 4. The highest BCUT2D eigenvalue weighted by Crippen LogP contribution is 2.40. The van der Waals surface area contributed by atoms with Gasteiger partial charge >= 0.3 is 0 Å². The van der Waals surface area contributed by atoms with Crippen LogP contribution in [0, 0.1) is 27.7 Å². The number of aliphatic imine (C=N–C) groups is 2. The lowest BCUT2D eigenvalue weighted by Gasteiger charge is -2.30. The minimum Gasteiger partial charge on any atom is -0.493 e. The highest BCUT2D eigenvalue weighted by molar-refractivity contribution is 7.90. The van der Waals surface area contributed by atoms with Crippen molar-refractivity contribution in [2.75, 3.05) is 37.8 Å². The summed E-state index contributed by atoms with van der Waals surface area (Å²) in [5, 5.41) is 3.30. The molecule has 4 aromatic rings. The molecule has 2 aliphatic heterocycles. The van der Waals surface area contributed by atoms with Gasteiger partial charge < -0.3 is 10.1 Å². The van der Waals surface area contributed by atoms with Gasteiger partial charge in [-0.15, -0.1) is 0 Å². The molecule has 1 saturated heterocycles. The largest absolute Gasteiger partial charge is 0.493 e. The van der Waals surface area contributed by atoms with E-state index in [-0.39, 0.29) is 47.9 Å². The maximum atomic E-state index is 14.4. The first kappa shape index (κ1) is 39.1. The molecule has 1 fully saturated rings. The molecule has 4 aromatic carbocycles. The van der Waals surface area contributed by atoms with Gasteiger partial charge in [-0.3, -0.25) is 9.28 Å². The van der Waals surface area contributed by atoms with E-state index in [0.717, 1.165) is 32.9 Å². The molecule has 2 atom stereocenters. The third kappa shape index (κ3) is 8.22. The number of hydrogen-bond donors (Lipinski definition) is 2. The van der Waals surface area contributed by atoms with Gasteiger partial charge in [0.15, 0.2) is 18.1 Å². The molecule has 12 nitrogen and oxygen atoms in total. The third-order valence-electron chi connectivity index (χ3n) is 9.67. The van der Waals surface area contributed by atoms with E-state index in [1.165, 1.54) is 6.07 Å². The number of amidine groups is 1. The lowest BCUT2D eigenvalue weighted by Crippen LogP contribution is -2.47. The molecule has 54 heavy (non-hydrogen) atoms. The molecule has 284 valence electrons. The molecular weight excluding hydrogens is 748 g/mol. The van der Waals surface area contributed by atoms with Crippen molar-refractivity contribution in [1.82, 2.24) is 13.5 Å². The van der Waals surface area contributed by atoms with Gasteiger partial charge in [-0.2, -0.15) is 4.72 Å². The number of para-hydroxylation sites is 1. The fourth-order valence-corrected chi connectivity index (χ4v) is 9.19. The number of likely N-dealkylation sites (N-methyl/N-ethyl adjacent to an activating group) is 1. The van der Waals surface area contributed by atoms with Crippen LogP contribution in [-0.4, -0.2) is 77.3 Å². The predicted octanol–water partition coefficient (Wildman–Crippen LogP) is 6.70. The van der Waals surface area contributed by atoms with Gasteiger partial charge in [0.05, 0.1) is 30.8 Å². The molecule has 0 bridgehead atoms. The van der Waals surface area contributed by atoms with Crippen LogP contribution in [0.4, 0.5) is 22.7 Å². The van der Waals surface area contributed by atoms with Crippen LogP contribution in [0.25, 0.3) is 0 Å². The molecule has 0 aromatic heterocycles. The van der Waals surface area contributed by atoms with Crippen molar-refractivity contribution in [3.05, 3.63) is 106 Å². The number of halogens is 1. The Labute approximate surface area is 322 Å². The van der Waals surface area contributed by atoms with E-state index in [2.05, 4.69) is 10.0 Å². The molecular formula is C39H44ClN6O6S2+. The lowest BCUT2D eigenvalue weighted by atomic mass is 10.1. The highest BCUT2D eigenvalue weighted by atomic mass is 35.5. The smallest absolute Gasteiger partial charge is 0.278 e. The van der Waals surface area contributed by atoms with Crippen molar-refractivity contribution < 1.29 is 26.4 Å². The summed E-state index contributed by atoms with van der Waals surface area (Å²) < 4.78 is 63.0. The van der Waals surface area contributed by atoms with Crippen LogP contribution in [0.3, 0.4) is 0 Å². The molecule has 0 radical (unpaired) electrons. The number of nitrogens with zero attached hydrogens (tertiary/aromatic N) is 4.